The summed E-state index contributed by atoms with van der Waals surface area (Å²) in [4.78, 5) is 44.2. The Bertz CT molecular complexity index is 1460. The maximum atomic E-state index is 14.5. The Morgan fingerprint density at radius 3 is 2.24 bits per heavy atom. The van der Waals surface area contributed by atoms with Crippen LogP contribution < -0.4 is 10.6 Å². The van der Waals surface area contributed by atoms with Crippen LogP contribution in [0, 0.1) is 25.7 Å². The van der Waals surface area contributed by atoms with Gasteiger partial charge >= 0.3 is 0 Å². The summed E-state index contributed by atoms with van der Waals surface area (Å²) in [5.41, 5.74) is 4.59. The maximum absolute atomic E-state index is 14.5. The molecule has 3 heterocycles. The number of hydrogen-bond donors (Lipinski definition) is 3. The summed E-state index contributed by atoms with van der Waals surface area (Å²) in [5.74, 6) is -1.77. The van der Waals surface area contributed by atoms with Crippen LogP contribution in [0.25, 0.3) is 0 Å². The van der Waals surface area contributed by atoms with E-state index in [0.717, 1.165) is 34.4 Å². The summed E-state index contributed by atoms with van der Waals surface area (Å²) in [6, 6.07) is 23.9. The van der Waals surface area contributed by atoms with Crippen LogP contribution in [0.2, 0.25) is 0 Å². The smallest absolute Gasteiger partial charge is 0.248 e. The Kier molecular flexibility index (Phi) is 7.85. The van der Waals surface area contributed by atoms with Crippen LogP contribution in [-0.2, 0) is 27.3 Å². The van der Waals surface area contributed by atoms with Crippen molar-refractivity contribution in [2.75, 3.05) is 11.9 Å². The third-order valence-corrected chi connectivity index (χ3v) is 11.2. The molecule has 0 aliphatic carbocycles. The van der Waals surface area contributed by atoms with E-state index in [9.17, 15) is 19.5 Å². The molecule has 42 heavy (non-hydrogen) atoms. The van der Waals surface area contributed by atoms with Crippen LogP contribution in [0.1, 0.15) is 35.1 Å². The van der Waals surface area contributed by atoms with E-state index in [1.165, 1.54) is 0 Å². The number of fused-ring (bicyclic) bond motifs is 1. The summed E-state index contributed by atoms with van der Waals surface area (Å²) < 4.78 is -0.735. The summed E-state index contributed by atoms with van der Waals surface area (Å²) in [6.07, 6.45) is 1.85. The van der Waals surface area contributed by atoms with Gasteiger partial charge in [0.1, 0.15) is 6.04 Å². The minimum absolute atomic E-state index is 0.0333. The monoisotopic (exact) mass is 583 g/mol. The molecule has 6 rings (SSSR count). The van der Waals surface area contributed by atoms with E-state index in [1.54, 1.807) is 16.7 Å². The number of hydrogen-bond acceptors (Lipinski definition) is 5. The summed E-state index contributed by atoms with van der Waals surface area (Å²) >= 11 is 1.64. The van der Waals surface area contributed by atoms with Crippen molar-refractivity contribution in [1.29, 1.82) is 0 Å². The first-order chi connectivity index (χ1) is 20.3. The Morgan fingerprint density at radius 2 is 1.60 bits per heavy atom. The lowest BCUT2D eigenvalue weighted by molar-refractivity contribution is -0.142. The molecule has 3 aliphatic rings. The summed E-state index contributed by atoms with van der Waals surface area (Å²) in [7, 11) is 0. The normalized spacial score (nSPS) is 26.6. The molecule has 3 amide bonds. The molecule has 2 bridgehead atoms. The zero-order valence-corrected chi connectivity index (χ0v) is 24.8. The zero-order valence-electron chi connectivity index (χ0n) is 24.0. The Labute approximate surface area is 251 Å². The standard InChI is InChI=1S/C34H37N3O4S/c1-21-10-9-11-22(2)29(21)36-32(40)30-34-17-16-26(42-34)27(31(39)35-19-24-14-7-4-8-15-24)28(34)33(41)37(30)25(20-38)18-23-12-5-3-6-13-23/h3-15,25-28,30,38H,16-20H2,1-2H3,(H,35,39)(H,36,40)/t25-,26-,27+,28+,30?,34?/m1/s1. The molecule has 3 N–H and O–H groups in total. The van der Waals surface area contributed by atoms with Gasteiger partial charge in [-0.15, -0.1) is 11.8 Å². The van der Waals surface area contributed by atoms with E-state index in [-0.39, 0.29) is 29.6 Å². The van der Waals surface area contributed by atoms with Gasteiger partial charge in [-0.25, -0.2) is 0 Å². The topological polar surface area (TPSA) is 98.7 Å². The maximum Gasteiger partial charge on any atom is 0.248 e. The molecule has 3 aliphatic heterocycles. The van der Waals surface area contributed by atoms with Crippen molar-refractivity contribution < 1.29 is 19.5 Å². The van der Waals surface area contributed by atoms with Gasteiger partial charge in [-0.3, -0.25) is 14.4 Å². The van der Waals surface area contributed by atoms with Crippen LogP contribution in [0.5, 0.6) is 0 Å². The molecule has 0 radical (unpaired) electrons. The minimum Gasteiger partial charge on any atom is -0.394 e. The van der Waals surface area contributed by atoms with Gasteiger partial charge in [-0.05, 0) is 55.4 Å². The largest absolute Gasteiger partial charge is 0.394 e. The fourth-order valence-corrected chi connectivity index (χ4v) is 9.53. The average Bonchev–Trinajstić information content (AvgIpc) is 3.65. The number of benzene rings is 3. The second kappa shape index (κ2) is 11.6. The number of aliphatic hydroxyl groups is 1. The minimum atomic E-state index is -0.809. The molecular formula is C34H37N3O4S. The molecule has 3 fully saturated rings. The molecule has 0 saturated carbocycles. The molecule has 3 aromatic carbocycles. The van der Waals surface area contributed by atoms with E-state index in [1.807, 2.05) is 92.7 Å². The van der Waals surface area contributed by atoms with Crippen molar-refractivity contribution in [1.82, 2.24) is 10.2 Å². The highest BCUT2D eigenvalue weighted by molar-refractivity contribution is 8.02. The number of anilines is 1. The molecular weight excluding hydrogens is 546 g/mol. The lowest BCUT2D eigenvalue weighted by atomic mass is 9.70. The molecule has 0 aromatic heterocycles. The van der Waals surface area contributed by atoms with Crippen LogP contribution in [-0.4, -0.2) is 56.4 Å². The summed E-state index contributed by atoms with van der Waals surface area (Å²) in [5, 5.41) is 16.9. The van der Waals surface area contributed by atoms with Gasteiger partial charge in [-0.1, -0.05) is 78.9 Å². The predicted octanol–water partition coefficient (Wildman–Crippen LogP) is 4.25. The molecule has 8 heteroatoms. The predicted molar refractivity (Wildman–Crippen MR) is 165 cm³/mol. The highest BCUT2D eigenvalue weighted by atomic mass is 32.2. The Morgan fingerprint density at radius 1 is 0.952 bits per heavy atom. The van der Waals surface area contributed by atoms with E-state index in [4.69, 9.17) is 0 Å². The van der Waals surface area contributed by atoms with Gasteiger partial charge in [-0.2, -0.15) is 0 Å². The molecule has 3 saturated heterocycles. The fourth-order valence-electron chi connectivity index (χ4n) is 7.33. The number of para-hydroxylation sites is 1. The first-order valence-electron chi connectivity index (χ1n) is 14.7. The SMILES string of the molecule is Cc1cccc(C)c1NC(=O)C1N([C@@H](CO)Cc2ccccc2)C(=O)[C@@H]2[C@@H](C(=O)NCc3ccccc3)[C@H]3CCC12S3. The van der Waals surface area contributed by atoms with Crippen LogP contribution in [0.15, 0.2) is 78.9 Å². The molecule has 3 aromatic rings. The lowest BCUT2D eigenvalue weighted by Crippen LogP contribution is -2.55. The van der Waals surface area contributed by atoms with Gasteiger partial charge < -0.3 is 20.6 Å². The average molecular weight is 584 g/mol. The third-order valence-electron chi connectivity index (χ3n) is 9.25. The number of carbonyl (C=O) groups is 3. The molecule has 2 unspecified atom stereocenters. The van der Waals surface area contributed by atoms with E-state index in [2.05, 4.69) is 10.6 Å². The first kappa shape index (κ1) is 28.5. The number of aliphatic hydroxyl groups excluding tert-OH is 1. The van der Waals surface area contributed by atoms with Gasteiger partial charge in [0.05, 0.1) is 29.2 Å². The molecule has 218 valence electrons. The number of thioether (sulfide) groups is 1. The van der Waals surface area contributed by atoms with Gasteiger partial charge in [0.2, 0.25) is 17.7 Å². The highest BCUT2D eigenvalue weighted by Crippen LogP contribution is 2.66. The van der Waals surface area contributed by atoms with Crippen LogP contribution in [0.4, 0.5) is 5.69 Å². The van der Waals surface area contributed by atoms with Crippen molar-refractivity contribution in [2.24, 2.45) is 11.8 Å². The quantitative estimate of drug-likeness (QED) is 0.350. The van der Waals surface area contributed by atoms with Crippen LogP contribution >= 0.6 is 11.8 Å². The summed E-state index contributed by atoms with van der Waals surface area (Å²) in [6.45, 7) is 4.01. The second-order valence-corrected chi connectivity index (χ2v) is 13.4. The highest BCUT2D eigenvalue weighted by Gasteiger charge is 2.74. The van der Waals surface area contributed by atoms with Gasteiger partial charge in [0, 0.05) is 17.5 Å². The number of likely N-dealkylation sites (tertiary alicyclic amines) is 1. The van der Waals surface area contributed by atoms with E-state index >= 15 is 0 Å². The number of amides is 3. The van der Waals surface area contributed by atoms with E-state index < -0.39 is 28.7 Å². The van der Waals surface area contributed by atoms with Gasteiger partial charge in [0.25, 0.3) is 0 Å². The van der Waals surface area contributed by atoms with Crippen molar-refractivity contribution in [3.05, 3.63) is 101 Å². The molecule has 6 atom stereocenters. The van der Waals surface area contributed by atoms with Crippen LogP contribution in [0.3, 0.4) is 0 Å². The van der Waals surface area contributed by atoms with E-state index in [0.29, 0.717) is 19.4 Å². The molecule has 7 nitrogen and oxygen atoms in total. The fraction of sp³-hybridized carbons (Fsp3) is 0.382. The number of nitrogens with zero attached hydrogens (tertiary/aromatic N) is 1. The van der Waals surface area contributed by atoms with Crippen molar-refractivity contribution in [3.63, 3.8) is 0 Å². The number of rotatable bonds is 9. The van der Waals surface area contributed by atoms with Crippen molar-refractivity contribution >= 4 is 35.2 Å². The number of aryl methyl sites for hydroxylation is 2. The Hall–Kier alpha value is -3.62. The second-order valence-electron chi connectivity index (χ2n) is 11.8. The number of nitrogens with one attached hydrogen (secondary N) is 2. The Balaban J connectivity index is 1.35. The first-order valence-corrected chi connectivity index (χ1v) is 15.6. The van der Waals surface area contributed by atoms with Crippen molar-refractivity contribution in [2.45, 2.75) is 61.7 Å². The van der Waals surface area contributed by atoms with Gasteiger partial charge in [0.15, 0.2) is 0 Å². The molecule has 1 spiro atoms. The zero-order chi connectivity index (χ0) is 29.4. The number of carbonyl (C=O) groups excluding carboxylic acids is 3. The lowest BCUT2D eigenvalue weighted by Gasteiger charge is -2.37. The third kappa shape index (κ3) is 4.90. The van der Waals surface area contributed by atoms with Crippen molar-refractivity contribution in [3.8, 4) is 0 Å².